The van der Waals surface area contributed by atoms with Crippen molar-refractivity contribution < 1.29 is 21.8 Å². The molecule has 0 aliphatic carbocycles. The molecule has 2 heterocycles. The van der Waals surface area contributed by atoms with Crippen LogP contribution in [0.3, 0.4) is 0 Å². The molecule has 0 bridgehead atoms. The second kappa shape index (κ2) is 12.4. The maximum absolute atomic E-state index is 15.6. The number of nitrogens with zero attached hydrogens (tertiary/aromatic N) is 3. The summed E-state index contributed by atoms with van der Waals surface area (Å²) in [7, 11) is -1.67. The highest BCUT2D eigenvalue weighted by Gasteiger charge is 2.21. The quantitative estimate of drug-likeness (QED) is 0.231. The molecule has 0 fully saturated rings. The van der Waals surface area contributed by atoms with Crippen LogP contribution < -0.4 is 5.56 Å². The molecule has 38 heavy (non-hydrogen) atoms. The molecule has 0 saturated heterocycles. The van der Waals surface area contributed by atoms with Gasteiger partial charge < -0.3 is 0 Å². The largest absolute Gasteiger partial charge is 0.284 e. The van der Waals surface area contributed by atoms with Crippen LogP contribution in [0.25, 0.3) is 6.20 Å². The van der Waals surface area contributed by atoms with Crippen molar-refractivity contribution in [3.63, 3.8) is 0 Å². The molecule has 3 aromatic rings. The molecule has 0 radical (unpaired) electrons. The van der Waals surface area contributed by atoms with Gasteiger partial charge in [-0.3, -0.25) is 23.5 Å². The first-order chi connectivity index (χ1) is 18.0. The third kappa shape index (κ3) is 6.36. The summed E-state index contributed by atoms with van der Waals surface area (Å²) in [5, 5.41) is -0.226. The van der Waals surface area contributed by atoms with Crippen molar-refractivity contribution in [2.24, 2.45) is 4.99 Å². The number of aromatic nitrogens is 2. The maximum Gasteiger partial charge on any atom is 0.273 e. The summed E-state index contributed by atoms with van der Waals surface area (Å²) in [5.41, 5.74) is -0.740. The number of hydrogen-bond donors (Lipinski definition) is 0. The number of aryl methyl sites for hydroxylation is 1. The molecule has 2 aromatic heterocycles. The van der Waals surface area contributed by atoms with Crippen LogP contribution in [0.15, 0.2) is 69.3 Å². The minimum Gasteiger partial charge on any atom is -0.284 e. The zero-order valence-corrected chi connectivity index (χ0v) is 22.5. The molecule has 11 heteroatoms. The van der Waals surface area contributed by atoms with E-state index in [1.54, 1.807) is 26.8 Å². The van der Waals surface area contributed by atoms with E-state index in [0.717, 1.165) is 23.0 Å². The molecule has 3 rings (SSSR count). The molecule has 5 nitrogen and oxygen atoms in total. The number of rotatable bonds is 8. The Kier molecular flexibility index (Phi) is 9.56. The summed E-state index contributed by atoms with van der Waals surface area (Å²) >= 11 is 6.35. The summed E-state index contributed by atoms with van der Waals surface area (Å²) in [6.45, 7) is 4.87. The monoisotopic (exact) mass is 565 g/mol. The first-order valence-electron chi connectivity index (χ1n) is 11.4. The van der Waals surface area contributed by atoms with E-state index < -0.39 is 51.3 Å². The number of benzene rings is 1. The molecule has 0 N–H and O–H groups in total. The van der Waals surface area contributed by atoms with Gasteiger partial charge in [-0.2, -0.15) is 0 Å². The van der Waals surface area contributed by atoms with Crippen molar-refractivity contribution in [3.8, 4) is 0 Å². The van der Waals surface area contributed by atoms with Gasteiger partial charge in [0, 0.05) is 29.8 Å². The minimum absolute atomic E-state index is 0.00448. The second-order valence-corrected chi connectivity index (χ2v) is 10.2. The van der Waals surface area contributed by atoms with Crippen molar-refractivity contribution in [2.45, 2.75) is 38.0 Å². The van der Waals surface area contributed by atoms with Crippen LogP contribution in [0.1, 0.15) is 42.3 Å². The predicted octanol–water partition coefficient (Wildman–Crippen LogP) is 6.50. The fourth-order valence-electron chi connectivity index (χ4n) is 3.76. The summed E-state index contributed by atoms with van der Waals surface area (Å²) in [6, 6.07) is 6.31. The SMILES string of the molecule is C/C=C/N=C(/C(F)=C/n1c(C)cc(C(C)Cc2ncc(F)cc2F)c(Cl)c1=O)c1cccc(S(C)=O)c1F. The Bertz CT molecular complexity index is 1550. The van der Waals surface area contributed by atoms with E-state index in [2.05, 4.69) is 9.98 Å². The number of aliphatic imine (C=N–C) groups is 1. The summed E-state index contributed by atoms with van der Waals surface area (Å²) in [4.78, 5) is 20.8. The standard InChI is InChI=1S/C27H24ClF4N3O2S/c1-5-9-33-26(18-7-6-8-23(25(18)32)38(4)37)21(31)14-35-16(3)11-19(24(28)27(35)36)15(2)10-22-20(30)12-17(29)13-34-22/h5-9,11-15H,10H2,1-4H3/b9-5+,21-14-,33-26+. The third-order valence-corrected chi connectivity index (χ3v) is 6.98. The molecule has 0 aliphatic rings. The summed E-state index contributed by atoms with van der Waals surface area (Å²) in [5.74, 6) is -4.05. The molecule has 0 spiro atoms. The van der Waals surface area contributed by atoms with Gasteiger partial charge in [-0.15, -0.1) is 0 Å². The Hall–Kier alpha value is -3.37. The lowest BCUT2D eigenvalue weighted by Gasteiger charge is -2.16. The summed E-state index contributed by atoms with van der Waals surface area (Å²) in [6.07, 6.45) is 5.84. The first-order valence-corrected chi connectivity index (χ1v) is 13.3. The van der Waals surface area contributed by atoms with Crippen LogP contribution >= 0.6 is 11.6 Å². The fourth-order valence-corrected chi connectivity index (χ4v) is 4.72. The van der Waals surface area contributed by atoms with E-state index >= 15 is 8.78 Å². The van der Waals surface area contributed by atoms with Gasteiger partial charge in [-0.1, -0.05) is 30.7 Å². The van der Waals surface area contributed by atoms with Crippen LogP contribution in [0.4, 0.5) is 17.6 Å². The molecule has 0 saturated carbocycles. The normalized spacial score (nSPS) is 14.2. The van der Waals surface area contributed by atoms with Gasteiger partial charge in [0.05, 0.1) is 33.8 Å². The zero-order valence-electron chi connectivity index (χ0n) is 20.9. The lowest BCUT2D eigenvalue weighted by atomic mass is 9.95. The lowest BCUT2D eigenvalue weighted by Crippen LogP contribution is -2.22. The Morgan fingerprint density at radius 3 is 2.61 bits per heavy atom. The van der Waals surface area contributed by atoms with Crippen molar-refractivity contribution >= 4 is 34.3 Å². The van der Waals surface area contributed by atoms with Gasteiger partial charge in [0.25, 0.3) is 5.56 Å². The number of pyridine rings is 2. The highest BCUT2D eigenvalue weighted by Crippen LogP contribution is 2.27. The first kappa shape index (κ1) is 29.2. The Labute approximate surface area is 224 Å². The van der Waals surface area contributed by atoms with E-state index in [1.807, 2.05) is 0 Å². The second-order valence-electron chi connectivity index (χ2n) is 8.43. The average Bonchev–Trinajstić information content (AvgIpc) is 2.86. The van der Waals surface area contributed by atoms with Gasteiger partial charge in [0.15, 0.2) is 5.83 Å². The van der Waals surface area contributed by atoms with E-state index in [9.17, 15) is 17.8 Å². The molecule has 0 aliphatic heterocycles. The molecule has 2 atom stereocenters. The predicted molar refractivity (Wildman–Crippen MR) is 142 cm³/mol. The van der Waals surface area contributed by atoms with Crippen molar-refractivity contribution in [1.82, 2.24) is 9.55 Å². The number of allylic oxidation sites excluding steroid dienone is 2. The zero-order chi connectivity index (χ0) is 28.1. The van der Waals surface area contributed by atoms with E-state index in [0.29, 0.717) is 11.3 Å². The molecular weight excluding hydrogens is 542 g/mol. The van der Waals surface area contributed by atoms with Gasteiger partial charge in [0.1, 0.15) is 28.2 Å². The van der Waals surface area contributed by atoms with Crippen LogP contribution in [-0.4, -0.2) is 25.7 Å². The lowest BCUT2D eigenvalue weighted by molar-refractivity contribution is 0.549. The van der Waals surface area contributed by atoms with E-state index in [-0.39, 0.29) is 27.6 Å². The minimum atomic E-state index is -1.67. The third-order valence-electron chi connectivity index (χ3n) is 5.67. The number of hydrogen-bond acceptors (Lipinski definition) is 4. The van der Waals surface area contributed by atoms with Crippen LogP contribution in [0.2, 0.25) is 5.02 Å². The van der Waals surface area contributed by atoms with Crippen molar-refractivity contribution in [3.05, 3.63) is 110 Å². The maximum atomic E-state index is 15.6. The summed E-state index contributed by atoms with van der Waals surface area (Å²) < 4.78 is 70.7. The number of halogens is 5. The van der Waals surface area contributed by atoms with Gasteiger partial charge in [-0.05, 0) is 49.9 Å². The Morgan fingerprint density at radius 2 is 1.97 bits per heavy atom. The Morgan fingerprint density at radius 1 is 1.26 bits per heavy atom. The highest BCUT2D eigenvalue weighted by molar-refractivity contribution is 7.84. The van der Waals surface area contributed by atoms with E-state index in [1.165, 1.54) is 36.7 Å². The fraction of sp³-hybridized carbons (Fsp3) is 0.222. The van der Waals surface area contributed by atoms with Gasteiger partial charge in [-0.25, -0.2) is 17.6 Å². The van der Waals surface area contributed by atoms with E-state index in [4.69, 9.17) is 11.6 Å². The molecule has 200 valence electrons. The Balaban J connectivity index is 2.06. The van der Waals surface area contributed by atoms with Crippen molar-refractivity contribution in [2.75, 3.05) is 6.26 Å². The van der Waals surface area contributed by atoms with Crippen molar-refractivity contribution in [1.29, 1.82) is 0 Å². The van der Waals surface area contributed by atoms with Gasteiger partial charge in [0.2, 0.25) is 0 Å². The molecule has 1 aromatic carbocycles. The molecule has 2 unspecified atom stereocenters. The molecular formula is C27H24ClF4N3O2S. The topological polar surface area (TPSA) is 64.3 Å². The van der Waals surface area contributed by atoms with Crippen LogP contribution in [0.5, 0.6) is 0 Å². The van der Waals surface area contributed by atoms with Crippen LogP contribution in [-0.2, 0) is 17.2 Å². The smallest absolute Gasteiger partial charge is 0.273 e. The highest BCUT2D eigenvalue weighted by atomic mass is 35.5. The van der Waals surface area contributed by atoms with Crippen LogP contribution in [0, 0.1) is 24.4 Å². The van der Waals surface area contributed by atoms with Gasteiger partial charge >= 0.3 is 0 Å². The molecule has 0 amide bonds. The average molecular weight is 566 g/mol.